The summed E-state index contributed by atoms with van der Waals surface area (Å²) in [6.07, 6.45) is 0.0319. The topological polar surface area (TPSA) is 64.3 Å². The Hall–Kier alpha value is -1.62. The van der Waals surface area contributed by atoms with Crippen LogP contribution >= 0.6 is 0 Å². The third-order valence-corrected chi connectivity index (χ3v) is 3.25. The first kappa shape index (κ1) is 16.4. The minimum absolute atomic E-state index is 0.0548. The molecule has 0 spiro atoms. The quantitative estimate of drug-likeness (QED) is 0.842. The van der Waals surface area contributed by atoms with Crippen molar-refractivity contribution in [1.82, 2.24) is 5.32 Å². The van der Waals surface area contributed by atoms with Crippen LogP contribution in [0, 0.1) is 5.82 Å². The molecule has 4 nitrogen and oxygen atoms in total. The van der Waals surface area contributed by atoms with E-state index in [1.165, 1.54) is 12.1 Å². The van der Waals surface area contributed by atoms with Crippen LogP contribution in [0.3, 0.4) is 0 Å². The van der Waals surface area contributed by atoms with Crippen LogP contribution < -0.4 is 15.8 Å². The van der Waals surface area contributed by atoms with Crippen molar-refractivity contribution in [2.45, 2.75) is 52.3 Å². The molecule has 0 aromatic heterocycles. The fourth-order valence-corrected chi connectivity index (χ4v) is 1.53. The van der Waals surface area contributed by atoms with E-state index in [9.17, 15) is 9.18 Å². The highest BCUT2D eigenvalue weighted by Gasteiger charge is 2.23. The van der Waals surface area contributed by atoms with Crippen molar-refractivity contribution >= 4 is 5.91 Å². The van der Waals surface area contributed by atoms with Gasteiger partial charge in [0.05, 0.1) is 0 Å². The molecule has 1 aromatic carbocycles. The first-order chi connectivity index (χ1) is 9.29. The van der Waals surface area contributed by atoms with Gasteiger partial charge >= 0.3 is 0 Å². The minimum Gasteiger partial charge on any atom is -0.478 e. The molecule has 1 aromatic rings. The normalized spacial score (nSPS) is 12.9. The number of nitrogens with two attached hydrogens (primary N) is 1. The maximum absolute atomic E-state index is 13.8. The number of hydrogen-bond donors (Lipinski definition) is 2. The first-order valence-corrected chi connectivity index (χ1v) is 6.76. The molecular formula is C15H23FN2O2. The number of carbonyl (C=O) groups excluding carboxylic acids is 1. The lowest BCUT2D eigenvalue weighted by Gasteiger charge is -2.26. The summed E-state index contributed by atoms with van der Waals surface area (Å²) in [5, 5.41) is 2.86. The molecule has 0 saturated heterocycles. The Kier molecular flexibility index (Phi) is 5.51. The van der Waals surface area contributed by atoms with Crippen LogP contribution in [0.15, 0.2) is 18.2 Å². The van der Waals surface area contributed by atoms with Crippen molar-refractivity contribution in [3.63, 3.8) is 0 Å². The Morgan fingerprint density at radius 1 is 1.50 bits per heavy atom. The van der Waals surface area contributed by atoms with Gasteiger partial charge in [-0.1, -0.05) is 13.0 Å². The van der Waals surface area contributed by atoms with E-state index >= 15 is 0 Å². The summed E-state index contributed by atoms with van der Waals surface area (Å²) in [6.45, 7) is 7.69. The van der Waals surface area contributed by atoms with Gasteiger partial charge in [-0.25, -0.2) is 4.39 Å². The molecule has 3 N–H and O–H groups in total. The molecule has 0 aliphatic rings. The van der Waals surface area contributed by atoms with Gasteiger partial charge in [-0.05, 0) is 44.9 Å². The molecule has 0 radical (unpaired) electrons. The Morgan fingerprint density at radius 2 is 2.15 bits per heavy atom. The number of benzene rings is 1. The molecule has 1 amide bonds. The Labute approximate surface area is 119 Å². The zero-order valence-corrected chi connectivity index (χ0v) is 12.5. The molecule has 0 bridgehead atoms. The van der Waals surface area contributed by atoms with Crippen LogP contribution in [0.5, 0.6) is 5.75 Å². The number of rotatable bonds is 6. The Bertz CT molecular complexity index is 475. The van der Waals surface area contributed by atoms with Gasteiger partial charge in [-0.3, -0.25) is 4.79 Å². The van der Waals surface area contributed by atoms with Crippen molar-refractivity contribution in [2.75, 3.05) is 0 Å². The van der Waals surface area contributed by atoms with Gasteiger partial charge in [0.25, 0.3) is 5.91 Å². The van der Waals surface area contributed by atoms with Crippen molar-refractivity contribution in [2.24, 2.45) is 5.73 Å². The number of halogens is 1. The fraction of sp³-hybridized carbons (Fsp3) is 0.533. The summed E-state index contributed by atoms with van der Waals surface area (Å²) < 4.78 is 19.1. The number of amides is 1. The predicted octanol–water partition coefficient (Wildman–Crippen LogP) is 2.36. The molecule has 5 heteroatoms. The molecule has 112 valence electrons. The van der Waals surface area contributed by atoms with Crippen LogP contribution in [0.4, 0.5) is 4.39 Å². The number of carbonyl (C=O) groups is 1. The minimum atomic E-state index is -0.765. The molecule has 1 rings (SSSR count). The summed E-state index contributed by atoms with van der Waals surface area (Å²) >= 11 is 0. The average Bonchev–Trinajstić information content (AvgIpc) is 2.40. The Morgan fingerprint density at radius 3 is 2.65 bits per heavy atom. The molecule has 0 aliphatic heterocycles. The largest absolute Gasteiger partial charge is 0.478 e. The second kappa shape index (κ2) is 6.70. The van der Waals surface area contributed by atoms with Crippen molar-refractivity contribution in [1.29, 1.82) is 0 Å². The monoisotopic (exact) mass is 282 g/mol. The third kappa shape index (κ3) is 4.49. The Balaban J connectivity index is 2.71. The molecule has 0 saturated carbocycles. The molecule has 1 atom stereocenters. The van der Waals surface area contributed by atoms with Gasteiger partial charge in [0.1, 0.15) is 0 Å². The summed E-state index contributed by atoms with van der Waals surface area (Å²) in [7, 11) is 0. The van der Waals surface area contributed by atoms with Crippen LogP contribution in [-0.4, -0.2) is 17.6 Å². The zero-order chi connectivity index (χ0) is 15.3. The maximum atomic E-state index is 13.8. The van der Waals surface area contributed by atoms with E-state index in [1.54, 1.807) is 13.0 Å². The van der Waals surface area contributed by atoms with E-state index in [-0.39, 0.29) is 23.7 Å². The lowest BCUT2D eigenvalue weighted by Crippen LogP contribution is -2.48. The van der Waals surface area contributed by atoms with Gasteiger partial charge in [0.15, 0.2) is 17.7 Å². The zero-order valence-electron chi connectivity index (χ0n) is 12.5. The number of nitrogens with one attached hydrogen (secondary N) is 1. The fourth-order valence-electron chi connectivity index (χ4n) is 1.53. The van der Waals surface area contributed by atoms with Crippen LogP contribution in [0.25, 0.3) is 0 Å². The van der Waals surface area contributed by atoms with Crippen molar-refractivity contribution in [3.8, 4) is 5.75 Å². The average molecular weight is 282 g/mol. The molecule has 0 aliphatic carbocycles. The molecular weight excluding hydrogens is 259 g/mol. The highest BCUT2D eigenvalue weighted by molar-refractivity contribution is 5.81. The third-order valence-electron chi connectivity index (χ3n) is 3.25. The highest BCUT2D eigenvalue weighted by Crippen LogP contribution is 2.20. The first-order valence-electron chi connectivity index (χ1n) is 6.76. The predicted molar refractivity (Wildman–Crippen MR) is 76.9 cm³/mol. The van der Waals surface area contributed by atoms with Crippen LogP contribution in [0.2, 0.25) is 0 Å². The van der Waals surface area contributed by atoms with Gasteiger partial charge in [-0.15, -0.1) is 0 Å². The number of ether oxygens (including phenoxy) is 1. The second-order valence-corrected chi connectivity index (χ2v) is 5.46. The van der Waals surface area contributed by atoms with Crippen LogP contribution in [0.1, 0.15) is 39.7 Å². The van der Waals surface area contributed by atoms with E-state index in [1.807, 2.05) is 20.8 Å². The van der Waals surface area contributed by atoms with E-state index in [0.717, 1.165) is 6.42 Å². The van der Waals surface area contributed by atoms with Gasteiger partial charge in [-0.2, -0.15) is 0 Å². The van der Waals surface area contributed by atoms with E-state index in [4.69, 9.17) is 10.5 Å². The lowest BCUT2D eigenvalue weighted by atomic mass is 10.0. The maximum Gasteiger partial charge on any atom is 0.261 e. The van der Waals surface area contributed by atoms with E-state index < -0.39 is 11.9 Å². The van der Waals surface area contributed by atoms with Crippen LogP contribution in [-0.2, 0) is 11.3 Å². The summed E-state index contributed by atoms with van der Waals surface area (Å²) in [5.41, 5.74) is 5.80. The van der Waals surface area contributed by atoms with Gasteiger partial charge < -0.3 is 15.8 Å². The van der Waals surface area contributed by atoms with E-state index in [2.05, 4.69) is 5.32 Å². The van der Waals surface area contributed by atoms with E-state index in [0.29, 0.717) is 5.56 Å². The van der Waals surface area contributed by atoms with Crippen molar-refractivity contribution in [3.05, 3.63) is 29.6 Å². The lowest BCUT2D eigenvalue weighted by molar-refractivity contribution is -0.129. The molecule has 0 fully saturated rings. The summed E-state index contributed by atoms with van der Waals surface area (Å²) in [4.78, 5) is 12.0. The molecule has 0 heterocycles. The standard InChI is InChI=1S/C15H23FN2O2/c1-5-15(3,4)18-14(19)10(2)20-13-7-6-11(9-17)8-12(13)16/h6-8,10H,5,9,17H2,1-4H3,(H,18,19). The SMILES string of the molecule is CCC(C)(C)NC(=O)C(C)Oc1ccc(CN)cc1F. The highest BCUT2D eigenvalue weighted by atomic mass is 19.1. The number of hydrogen-bond acceptors (Lipinski definition) is 3. The van der Waals surface area contributed by atoms with Gasteiger partial charge in [0.2, 0.25) is 0 Å². The molecule has 1 unspecified atom stereocenters. The summed E-state index contributed by atoms with van der Waals surface area (Å²) in [5.74, 6) is -0.722. The van der Waals surface area contributed by atoms with Gasteiger partial charge in [0, 0.05) is 12.1 Å². The van der Waals surface area contributed by atoms with Crippen molar-refractivity contribution < 1.29 is 13.9 Å². The molecule has 20 heavy (non-hydrogen) atoms. The second-order valence-electron chi connectivity index (χ2n) is 5.46. The summed E-state index contributed by atoms with van der Waals surface area (Å²) in [6, 6.07) is 4.49. The smallest absolute Gasteiger partial charge is 0.261 e.